The molecule has 0 bridgehead atoms. The van der Waals surface area contributed by atoms with Crippen LogP contribution in [0.25, 0.3) is 0 Å². The molecule has 0 spiro atoms. The molecule has 2 rings (SSSR count). The van der Waals surface area contributed by atoms with Gasteiger partial charge in [-0.1, -0.05) is 0 Å². The van der Waals surface area contributed by atoms with Crippen LogP contribution in [-0.2, 0) is 14.8 Å². The van der Waals surface area contributed by atoms with Crippen LogP contribution in [0, 0.1) is 0 Å². The van der Waals surface area contributed by atoms with Crippen molar-refractivity contribution in [1.29, 1.82) is 0 Å². The topological polar surface area (TPSA) is 44.5 Å². The third kappa shape index (κ3) is 2.07. The van der Waals surface area contributed by atoms with Crippen molar-refractivity contribution in [3.63, 3.8) is 0 Å². The van der Waals surface area contributed by atoms with Gasteiger partial charge in [-0.2, -0.15) is 8.91 Å². The molecule has 0 radical (unpaired) electrons. The molecule has 0 N–H and O–H groups in total. The fraction of sp³-hybridized carbons (Fsp3) is 0.462. The fourth-order valence-electron chi connectivity index (χ4n) is 2.48. The summed E-state index contributed by atoms with van der Waals surface area (Å²) < 4.78 is 6.68. The van der Waals surface area contributed by atoms with Crippen LogP contribution in [0.3, 0.4) is 0 Å². The summed E-state index contributed by atoms with van der Waals surface area (Å²) in [4.78, 5) is 0.864. The van der Waals surface area contributed by atoms with Crippen molar-refractivity contribution in [1.82, 2.24) is 0 Å². The average Bonchev–Trinajstić information content (AvgIpc) is 2.55. The molecule has 0 atom stereocenters. The Hall–Kier alpha value is -0.880. The van der Waals surface area contributed by atoms with E-state index >= 15 is 0 Å². The molecule has 4 nitrogen and oxygen atoms in total. The summed E-state index contributed by atoms with van der Waals surface area (Å²) in [5.41, 5.74) is 3.82. The Labute approximate surface area is 111 Å². The van der Waals surface area contributed by atoms with Gasteiger partial charge in [0.15, 0.2) is 5.71 Å². The molecule has 0 aliphatic carbocycles. The molecule has 5 heteroatoms. The quantitative estimate of drug-likeness (QED) is 0.363. The maximum Gasteiger partial charge on any atom is 0.209 e. The molecule has 0 saturated heterocycles. The van der Waals surface area contributed by atoms with E-state index < -0.39 is 0 Å². The van der Waals surface area contributed by atoms with Gasteiger partial charge in [-0.05, 0) is 32.9 Å². The molecule has 98 valence electrons. The lowest BCUT2D eigenvalue weighted by Gasteiger charge is -2.15. The van der Waals surface area contributed by atoms with Gasteiger partial charge in [-0.15, -0.1) is 0 Å². The van der Waals surface area contributed by atoms with Gasteiger partial charge < -0.3 is 5.26 Å². The molecule has 1 aliphatic heterocycles. The van der Waals surface area contributed by atoms with Crippen molar-refractivity contribution in [2.75, 3.05) is 6.54 Å². The third-order valence-electron chi connectivity index (χ3n) is 3.72. The maximum absolute atomic E-state index is 9.86. The second-order valence-electron chi connectivity index (χ2n) is 4.85. The number of nitrogens with zero attached hydrogens (tertiary/aromatic N) is 1. The Morgan fingerprint density at radius 3 is 2.72 bits per heavy atom. The van der Waals surface area contributed by atoms with E-state index in [2.05, 4.69) is 53.8 Å². The first-order valence-electron chi connectivity index (χ1n) is 5.91. The first-order valence-corrected chi connectivity index (χ1v) is 6.65. The summed E-state index contributed by atoms with van der Waals surface area (Å²) in [5, 5.41) is 13.2. The van der Waals surface area contributed by atoms with Gasteiger partial charge in [-0.25, -0.2) is 0 Å². The Kier molecular flexibility index (Phi) is 3.77. The highest BCUT2D eigenvalue weighted by Crippen LogP contribution is 2.41. The minimum atomic E-state index is 0.000233. The van der Waals surface area contributed by atoms with Gasteiger partial charge in [0.1, 0.15) is 6.54 Å². The van der Waals surface area contributed by atoms with Gasteiger partial charge >= 0.3 is 0 Å². The minimum Gasteiger partial charge on any atom is -0.691 e. The zero-order valence-electron chi connectivity index (χ0n) is 11.0. The summed E-state index contributed by atoms with van der Waals surface area (Å²) in [6.45, 7) is 9.67. The van der Waals surface area contributed by atoms with Crippen molar-refractivity contribution in [3.8, 4) is 0 Å². The van der Waals surface area contributed by atoms with Crippen LogP contribution in [-0.4, -0.2) is 16.8 Å². The number of rotatable bonds is 4. The Bertz CT molecular complexity index is 497. The van der Waals surface area contributed by atoms with Gasteiger partial charge in [0.05, 0.1) is 17.5 Å². The van der Waals surface area contributed by atoms with Crippen LogP contribution >= 0.6 is 12.0 Å². The number of fused-ring (bicyclic) bond motifs is 1. The monoisotopic (exact) mass is 267 g/mol. The molecule has 0 aromatic heterocycles. The van der Waals surface area contributed by atoms with Crippen LogP contribution in [0.1, 0.15) is 33.3 Å². The van der Waals surface area contributed by atoms with E-state index in [0.717, 1.165) is 23.5 Å². The van der Waals surface area contributed by atoms with Crippen molar-refractivity contribution in [2.45, 2.75) is 38.0 Å². The highest BCUT2D eigenvalue weighted by molar-refractivity contribution is 7.94. The Balaban J connectivity index is 2.43. The van der Waals surface area contributed by atoms with Crippen molar-refractivity contribution in [2.24, 2.45) is 0 Å². The largest absolute Gasteiger partial charge is 0.691 e. The van der Waals surface area contributed by atoms with E-state index in [9.17, 15) is 5.26 Å². The summed E-state index contributed by atoms with van der Waals surface area (Å²) in [6, 6.07) is 6.05. The van der Waals surface area contributed by atoms with Crippen LogP contribution in [0.5, 0.6) is 0 Å². The first kappa shape index (κ1) is 13.5. The lowest BCUT2D eigenvalue weighted by molar-refractivity contribution is -0.777. The molecule has 1 aromatic carbocycles. The average molecular weight is 267 g/mol. The minimum absolute atomic E-state index is 0.000233. The zero-order chi connectivity index (χ0) is 13.3. The third-order valence-corrected chi connectivity index (χ3v) is 4.29. The van der Waals surface area contributed by atoms with E-state index in [1.807, 2.05) is 6.07 Å². The smallest absolute Gasteiger partial charge is 0.209 e. The number of benzene rings is 1. The van der Waals surface area contributed by atoms with Crippen LogP contribution < -0.4 is 5.26 Å². The summed E-state index contributed by atoms with van der Waals surface area (Å²) in [6.07, 6.45) is 0. The van der Waals surface area contributed by atoms with Gasteiger partial charge in [0.25, 0.3) is 0 Å². The fourth-order valence-corrected chi connectivity index (χ4v) is 2.87. The van der Waals surface area contributed by atoms with Crippen molar-refractivity contribution >= 4 is 23.4 Å². The Morgan fingerprint density at radius 1 is 1.39 bits per heavy atom. The highest BCUT2D eigenvalue weighted by Gasteiger charge is 2.42. The molecular weight excluding hydrogens is 250 g/mol. The lowest BCUT2D eigenvalue weighted by atomic mass is 9.82. The molecule has 0 fully saturated rings. The van der Waals surface area contributed by atoms with E-state index in [1.165, 1.54) is 17.0 Å². The van der Waals surface area contributed by atoms with Crippen LogP contribution in [0.4, 0.5) is 5.69 Å². The molecule has 1 aromatic rings. The predicted octanol–water partition coefficient (Wildman–Crippen LogP) is 2.33. The Morgan fingerprint density at radius 2 is 2.11 bits per heavy atom. The molecule has 0 saturated carbocycles. The van der Waals surface area contributed by atoms with E-state index in [4.69, 9.17) is 0 Å². The van der Waals surface area contributed by atoms with E-state index in [0.29, 0.717) is 0 Å². The number of hydrogen-bond donors (Lipinski definition) is 0. The number of hydrogen-bond acceptors (Lipinski definition) is 4. The van der Waals surface area contributed by atoms with Gasteiger partial charge in [-0.3, -0.25) is 5.04 Å². The molecule has 0 amide bonds. The predicted molar refractivity (Wildman–Crippen MR) is 68.6 cm³/mol. The zero-order valence-corrected chi connectivity index (χ0v) is 11.8. The molecular formula is C13H17NO3S. The van der Waals surface area contributed by atoms with E-state index in [1.54, 1.807) is 0 Å². The second kappa shape index (κ2) is 5.01. The normalized spacial score (nSPS) is 17.2. The second-order valence-corrected chi connectivity index (χ2v) is 5.63. The molecule has 18 heavy (non-hydrogen) atoms. The van der Waals surface area contributed by atoms with Crippen LogP contribution in [0.2, 0.25) is 0 Å². The highest BCUT2D eigenvalue weighted by atomic mass is 32.2. The summed E-state index contributed by atoms with van der Waals surface area (Å²) in [7, 11) is 0. The van der Waals surface area contributed by atoms with Gasteiger partial charge in [0, 0.05) is 23.4 Å². The summed E-state index contributed by atoms with van der Waals surface area (Å²) in [5.74, 6) is 0. The molecule has 1 heterocycles. The molecule has 0 unspecified atom stereocenters. The van der Waals surface area contributed by atoms with Crippen molar-refractivity contribution < 1.29 is 19.2 Å². The lowest BCUT2D eigenvalue weighted by Crippen LogP contribution is -2.26. The maximum atomic E-state index is 9.86. The molecule has 1 aliphatic rings. The summed E-state index contributed by atoms with van der Waals surface area (Å²) >= 11 is 0.935. The van der Waals surface area contributed by atoms with Gasteiger partial charge in [0.2, 0.25) is 5.69 Å². The van der Waals surface area contributed by atoms with Crippen molar-refractivity contribution in [3.05, 3.63) is 23.8 Å². The SMILES string of the molecule is CC[N+]1=C(C)C(C)(C)c2cc(SOO[O-])ccc21. The van der Waals surface area contributed by atoms with E-state index in [-0.39, 0.29) is 5.41 Å². The standard InChI is InChI=1S/C13H17NO3S/c1-5-14-9(2)13(3,4)11-8-10(18-17-16-15)6-7-12(11)14/h6-8H,5H2,1-4H3. The first-order chi connectivity index (χ1) is 8.52. The van der Waals surface area contributed by atoms with Crippen LogP contribution in [0.15, 0.2) is 23.1 Å².